The summed E-state index contributed by atoms with van der Waals surface area (Å²) < 4.78 is 11.9. The fourth-order valence-corrected chi connectivity index (χ4v) is 2.19. The molecule has 0 bridgehead atoms. The van der Waals surface area contributed by atoms with Gasteiger partial charge >= 0.3 is 0 Å². The first kappa shape index (κ1) is 18.6. The van der Waals surface area contributed by atoms with Gasteiger partial charge in [-0.25, -0.2) is 4.39 Å². The van der Waals surface area contributed by atoms with Crippen molar-refractivity contribution in [3.05, 3.63) is 72.1 Å². The van der Waals surface area contributed by atoms with Crippen molar-refractivity contribution in [3.63, 3.8) is 0 Å². The lowest BCUT2D eigenvalue weighted by atomic mass is 10.2. The van der Waals surface area contributed by atoms with Crippen LogP contribution in [0.1, 0.15) is 5.56 Å². The lowest BCUT2D eigenvalue weighted by Gasteiger charge is -2.27. The molecule has 0 aliphatic carbocycles. The third-order valence-corrected chi connectivity index (χ3v) is 3.67. The number of para-hydroxylation sites is 1. The Labute approximate surface area is 154 Å². The van der Waals surface area contributed by atoms with Crippen molar-refractivity contribution in [2.45, 2.75) is 9.96 Å². The molecule has 0 heterocycles. The largest absolute Gasteiger partial charge is 0.359 e. The van der Waals surface area contributed by atoms with Gasteiger partial charge in [0, 0.05) is 6.08 Å². The summed E-state index contributed by atoms with van der Waals surface area (Å²) >= 11 is 17.6. The van der Waals surface area contributed by atoms with Gasteiger partial charge < -0.3 is 10.6 Å². The molecule has 0 saturated carbocycles. The molecule has 2 N–H and O–H groups in total. The monoisotopic (exact) mass is 386 g/mol. The molecule has 2 aromatic carbocycles. The van der Waals surface area contributed by atoms with Crippen LogP contribution >= 0.6 is 34.8 Å². The maximum atomic E-state index is 13.7. The van der Waals surface area contributed by atoms with Crippen molar-refractivity contribution in [1.82, 2.24) is 5.32 Å². The average Bonchev–Trinajstić information content (AvgIpc) is 2.54. The maximum absolute atomic E-state index is 13.7. The van der Waals surface area contributed by atoms with Gasteiger partial charge in [0.1, 0.15) is 12.0 Å². The van der Waals surface area contributed by atoms with E-state index in [1.54, 1.807) is 12.1 Å². The zero-order chi connectivity index (χ0) is 17.6. The zero-order valence-corrected chi connectivity index (χ0v) is 14.6. The van der Waals surface area contributed by atoms with Gasteiger partial charge in [-0.3, -0.25) is 4.79 Å². The highest BCUT2D eigenvalue weighted by Crippen LogP contribution is 2.31. The van der Waals surface area contributed by atoms with E-state index in [-0.39, 0.29) is 5.69 Å². The van der Waals surface area contributed by atoms with Crippen LogP contribution in [0, 0.1) is 5.82 Å². The highest BCUT2D eigenvalue weighted by Gasteiger charge is 2.34. The molecule has 0 spiro atoms. The van der Waals surface area contributed by atoms with Gasteiger partial charge in [-0.1, -0.05) is 77.3 Å². The molecule has 3 nitrogen and oxygen atoms in total. The highest BCUT2D eigenvalue weighted by molar-refractivity contribution is 6.68. The van der Waals surface area contributed by atoms with Crippen LogP contribution in [0.2, 0.25) is 0 Å². The number of anilines is 1. The van der Waals surface area contributed by atoms with Crippen molar-refractivity contribution in [1.29, 1.82) is 0 Å². The molecule has 0 saturated heterocycles. The summed E-state index contributed by atoms with van der Waals surface area (Å²) in [6.45, 7) is 0. The minimum Gasteiger partial charge on any atom is -0.359 e. The number of benzene rings is 2. The Morgan fingerprint density at radius 1 is 1.04 bits per heavy atom. The second kappa shape index (κ2) is 8.38. The average molecular weight is 388 g/mol. The maximum Gasteiger partial charge on any atom is 0.245 e. The predicted molar refractivity (Wildman–Crippen MR) is 97.7 cm³/mol. The Bertz CT molecular complexity index is 717. The summed E-state index contributed by atoms with van der Waals surface area (Å²) in [6, 6.07) is 15.1. The molecule has 2 rings (SSSR count). The Morgan fingerprint density at radius 3 is 2.29 bits per heavy atom. The third-order valence-electron chi connectivity index (χ3n) is 3.01. The molecule has 0 aromatic heterocycles. The molecular weight excluding hydrogens is 374 g/mol. The molecule has 1 atom stereocenters. The molecule has 24 heavy (non-hydrogen) atoms. The molecule has 7 heteroatoms. The second-order valence-electron chi connectivity index (χ2n) is 4.85. The molecule has 0 unspecified atom stereocenters. The highest BCUT2D eigenvalue weighted by atomic mass is 35.6. The van der Waals surface area contributed by atoms with E-state index < -0.39 is 21.7 Å². The minimum atomic E-state index is -1.88. The fraction of sp³-hybridized carbons (Fsp3) is 0.118. The summed E-state index contributed by atoms with van der Waals surface area (Å²) in [4.78, 5) is 12.0. The number of carbonyl (C=O) groups is 1. The Hall–Kier alpha value is -1.75. The molecule has 0 radical (unpaired) electrons. The molecule has 1 amide bonds. The van der Waals surface area contributed by atoms with Crippen molar-refractivity contribution in [2.24, 2.45) is 0 Å². The molecule has 0 aliphatic heterocycles. The zero-order valence-electron chi connectivity index (χ0n) is 12.3. The van der Waals surface area contributed by atoms with E-state index in [0.717, 1.165) is 5.56 Å². The van der Waals surface area contributed by atoms with Gasteiger partial charge in [0.2, 0.25) is 9.70 Å². The van der Waals surface area contributed by atoms with Crippen LogP contribution in [0.3, 0.4) is 0 Å². The van der Waals surface area contributed by atoms with Crippen LogP contribution < -0.4 is 10.6 Å². The van der Waals surface area contributed by atoms with Crippen LogP contribution in [0.15, 0.2) is 60.7 Å². The van der Waals surface area contributed by atoms with E-state index in [1.807, 2.05) is 30.3 Å². The van der Waals surface area contributed by atoms with Gasteiger partial charge in [0.15, 0.2) is 0 Å². The van der Waals surface area contributed by atoms with Crippen LogP contribution in [0.4, 0.5) is 10.1 Å². The number of halogens is 4. The van der Waals surface area contributed by atoms with Crippen LogP contribution in [0.5, 0.6) is 0 Å². The molecular formula is C17H14Cl3FN2O. The number of amides is 1. The van der Waals surface area contributed by atoms with E-state index in [0.29, 0.717) is 0 Å². The van der Waals surface area contributed by atoms with Crippen LogP contribution in [-0.4, -0.2) is 15.9 Å². The van der Waals surface area contributed by atoms with Gasteiger partial charge in [-0.05, 0) is 23.8 Å². The van der Waals surface area contributed by atoms with E-state index in [1.165, 1.54) is 24.3 Å². The minimum absolute atomic E-state index is 0.112. The summed E-state index contributed by atoms with van der Waals surface area (Å²) in [7, 11) is 0. The number of hydrogen-bond donors (Lipinski definition) is 2. The quantitative estimate of drug-likeness (QED) is 0.441. The third kappa shape index (κ3) is 5.71. The number of rotatable bonds is 5. The number of alkyl halides is 3. The van der Waals surface area contributed by atoms with E-state index in [9.17, 15) is 9.18 Å². The topological polar surface area (TPSA) is 41.1 Å². The number of nitrogens with one attached hydrogen (secondary N) is 2. The van der Waals surface area contributed by atoms with Gasteiger partial charge in [-0.15, -0.1) is 0 Å². The Morgan fingerprint density at radius 2 is 1.67 bits per heavy atom. The van der Waals surface area contributed by atoms with Crippen LogP contribution in [0.25, 0.3) is 6.08 Å². The van der Waals surface area contributed by atoms with Gasteiger partial charge in [0.25, 0.3) is 0 Å². The molecule has 126 valence electrons. The number of hydrogen-bond acceptors (Lipinski definition) is 2. The summed E-state index contributed by atoms with van der Waals surface area (Å²) in [5, 5.41) is 5.18. The summed E-state index contributed by atoms with van der Waals surface area (Å²) in [5.41, 5.74) is 0.960. The fourth-order valence-electron chi connectivity index (χ4n) is 1.86. The first-order valence-electron chi connectivity index (χ1n) is 6.97. The van der Waals surface area contributed by atoms with Gasteiger partial charge in [0.05, 0.1) is 5.69 Å². The molecule has 0 fully saturated rings. The van der Waals surface area contributed by atoms with Crippen LogP contribution in [-0.2, 0) is 4.79 Å². The summed E-state index contributed by atoms with van der Waals surface area (Å²) in [6.07, 6.45) is 1.81. The predicted octanol–water partition coefficient (Wildman–Crippen LogP) is 4.76. The standard InChI is InChI=1S/C17H14Cl3FN2O/c18-17(19,20)16(22-14-9-5-4-8-13(14)21)23-15(24)11-10-12-6-2-1-3-7-12/h1-11,16,22H,(H,23,24)/b11-10+/t16-/m0/s1. The van der Waals surface area contributed by atoms with E-state index >= 15 is 0 Å². The first-order chi connectivity index (χ1) is 11.4. The lowest BCUT2D eigenvalue weighted by molar-refractivity contribution is -0.116. The second-order valence-corrected chi connectivity index (χ2v) is 7.22. The van der Waals surface area contributed by atoms with Crippen molar-refractivity contribution >= 4 is 52.5 Å². The molecule has 2 aromatic rings. The summed E-state index contributed by atoms with van der Waals surface area (Å²) in [5.74, 6) is -1.01. The molecule has 0 aliphatic rings. The number of carbonyl (C=O) groups excluding carboxylic acids is 1. The van der Waals surface area contributed by atoms with Crippen molar-refractivity contribution < 1.29 is 9.18 Å². The first-order valence-corrected chi connectivity index (χ1v) is 8.11. The smallest absolute Gasteiger partial charge is 0.245 e. The normalized spacial score (nSPS) is 12.8. The SMILES string of the molecule is O=C(/C=C/c1ccccc1)N[C@H](Nc1ccccc1F)C(Cl)(Cl)Cl. The Kier molecular flexibility index (Phi) is 6.49. The Balaban J connectivity index is 2.08. The van der Waals surface area contributed by atoms with Gasteiger partial charge in [-0.2, -0.15) is 0 Å². The van der Waals surface area contributed by atoms with E-state index in [4.69, 9.17) is 34.8 Å². The van der Waals surface area contributed by atoms with E-state index in [2.05, 4.69) is 10.6 Å². The van der Waals surface area contributed by atoms with Crippen molar-refractivity contribution in [3.8, 4) is 0 Å². The van der Waals surface area contributed by atoms with Crippen molar-refractivity contribution in [2.75, 3.05) is 5.32 Å². The lowest BCUT2D eigenvalue weighted by Crippen LogP contribution is -2.48.